The van der Waals surface area contributed by atoms with Crippen LogP contribution in [0, 0.1) is 0 Å². The average Bonchev–Trinajstić information content (AvgIpc) is 3.32. The number of aromatic amines is 1. The predicted octanol–water partition coefficient (Wildman–Crippen LogP) is 4.83. The third kappa shape index (κ3) is 5.50. The van der Waals surface area contributed by atoms with Crippen molar-refractivity contribution in [3.8, 4) is 11.1 Å². The molecule has 0 bridgehead atoms. The topological polar surface area (TPSA) is 86.8 Å². The van der Waals surface area contributed by atoms with E-state index < -0.39 is 11.7 Å². The summed E-state index contributed by atoms with van der Waals surface area (Å²) in [6.45, 7) is 1.22. The number of hydrogen-bond donors (Lipinski definition) is 2. The number of halogens is 3. The molecule has 33 heavy (non-hydrogen) atoms. The number of aromatic nitrogens is 4. The smallest absolute Gasteiger partial charge is 0.354 e. The van der Waals surface area contributed by atoms with E-state index in [0.717, 1.165) is 42.7 Å². The molecule has 0 spiro atoms. The minimum Gasteiger partial charge on any atom is -0.354 e. The lowest BCUT2D eigenvalue weighted by Crippen LogP contribution is -2.39. The van der Waals surface area contributed by atoms with Crippen molar-refractivity contribution in [2.45, 2.75) is 44.3 Å². The van der Waals surface area contributed by atoms with E-state index in [4.69, 9.17) is 0 Å². The van der Waals surface area contributed by atoms with Gasteiger partial charge in [0, 0.05) is 37.5 Å². The lowest BCUT2D eigenvalue weighted by atomic mass is 9.94. The third-order valence-electron chi connectivity index (χ3n) is 5.76. The molecule has 1 aliphatic rings. The molecule has 4 rings (SSSR count). The number of carbonyl (C=O) groups is 1. The van der Waals surface area contributed by atoms with Gasteiger partial charge >= 0.3 is 6.18 Å². The minimum absolute atomic E-state index is 0.0449. The van der Waals surface area contributed by atoms with Crippen molar-refractivity contribution >= 4 is 11.9 Å². The third-order valence-corrected chi connectivity index (χ3v) is 5.76. The fourth-order valence-electron chi connectivity index (χ4n) is 4.12. The van der Waals surface area contributed by atoms with Gasteiger partial charge in [-0.1, -0.05) is 12.1 Å². The summed E-state index contributed by atoms with van der Waals surface area (Å²) in [4.78, 5) is 23.1. The van der Waals surface area contributed by atoms with Gasteiger partial charge in [-0.05, 0) is 49.4 Å². The van der Waals surface area contributed by atoms with E-state index in [1.54, 1.807) is 24.7 Å². The highest BCUT2D eigenvalue weighted by atomic mass is 19.4. The summed E-state index contributed by atoms with van der Waals surface area (Å²) in [6, 6.07) is 6.59. The average molecular weight is 458 g/mol. The monoisotopic (exact) mass is 458 g/mol. The van der Waals surface area contributed by atoms with Crippen LogP contribution in [0.1, 0.15) is 49.4 Å². The Morgan fingerprint density at radius 2 is 1.91 bits per heavy atom. The number of rotatable bonds is 7. The first-order valence-corrected chi connectivity index (χ1v) is 10.9. The van der Waals surface area contributed by atoms with Crippen molar-refractivity contribution in [2.24, 2.45) is 0 Å². The fourth-order valence-corrected chi connectivity index (χ4v) is 4.12. The Labute approximate surface area is 189 Å². The lowest BCUT2D eigenvalue weighted by Gasteiger charge is -2.36. The zero-order valence-electron chi connectivity index (χ0n) is 18.0. The first-order chi connectivity index (χ1) is 15.9. The van der Waals surface area contributed by atoms with Crippen LogP contribution in [0.2, 0.25) is 0 Å². The van der Waals surface area contributed by atoms with Crippen molar-refractivity contribution in [2.75, 3.05) is 18.4 Å². The summed E-state index contributed by atoms with van der Waals surface area (Å²) in [5, 5.41) is 10.2. The second-order valence-electron chi connectivity index (χ2n) is 7.97. The number of alkyl halides is 3. The van der Waals surface area contributed by atoms with Crippen LogP contribution in [0.15, 0.2) is 48.9 Å². The zero-order valence-corrected chi connectivity index (χ0v) is 18.0. The minimum atomic E-state index is -4.38. The maximum absolute atomic E-state index is 13.0. The van der Waals surface area contributed by atoms with Crippen LogP contribution in [0.3, 0.4) is 0 Å². The lowest BCUT2D eigenvalue weighted by molar-refractivity contribution is -0.137. The molecule has 0 aliphatic carbocycles. The van der Waals surface area contributed by atoms with Gasteiger partial charge in [-0.15, -0.1) is 0 Å². The van der Waals surface area contributed by atoms with Crippen LogP contribution in [-0.4, -0.2) is 44.1 Å². The molecule has 3 aromatic rings. The van der Waals surface area contributed by atoms with Crippen molar-refractivity contribution in [3.05, 3.63) is 60.2 Å². The first kappa shape index (κ1) is 22.8. The molecule has 0 unspecified atom stereocenters. The highest BCUT2D eigenvalue weighted by molar-refractivity contribution is 5.77. The van der Waals surface area contributed by atoms with Gasteiger partial charge in [-0.25, -0.2) is 9.97 Å². The van der Waals surface area contributed by atoms with Crippen LogP contribution in [0.4, 0.5) is 19.1 Å². The van der Waals surface area contributed by atoms with Gasteiger partial charge in [0.1, 0.15) is 0 Å². The number of piperidine rings is 1. The van der Waals surface area contributed by atoms with Crippen LogP contribution < -0.4 is 5.32 Å². The number of nitrogens with one attached hydrogen (secondary N) is 2. The standard InChI is InChI=1S/C23H25F3N6O/c24-23(25,26)17-9-7-16(8-10-17)18-15-30-31-21(18)19-5-1-2-14-32(19)20(33)6-3-11-27-22-28-12-4-13-29-22/h4,7-10,12-13,15,19H,1-3,5-6,11,14H2,(H,30,31)(H,27,28,29)/t19-/m0/s1. The number of likely N-dealkylation sites (tertiary alicyclic amines) is 1. The van der Waals surface area contributed by atoms with Gasteiger partial charge in [0.05, 0.1) is 23.5 Å². The van der Waals surface area contributed by atoms with Crippen LogP contribution >= 0.6 is 0 Å². The Balaban J connectivity index is 1.43. The molecule has 1 fully saturated rings. The van der Waals surface area contributed by atoms with Crippen LogP contribution in [0.5, 0.6) is 0 Å². The maximum Gasteiger partial charge on any atom is 0.416 e. The van der Waals surface area contributed by atoms with Crippen molar-refractivity contribution < 1.29 is 18.0 Å². The Bertz CT molecular complexity index is 1050. The van der Waals surface area contributed by atoms with Gasteiger partial charge in [0.15, 0.2) is 0 Å². The molecule has 10 heteroatoms. The van der Waals surface area contributed by atoms with Crippen molar-refractivity contribution in [1.82, 2.24) is 25.1 Å². The van der Waals surface area contributed by atoms with Gasteiger partial charge in [0.2, 0.25) is 11.9 Å². The number of nitrogens with zero attached hydrogens (tertiary/aromatic N) is 4. The molecule has 1 aliphatic heterocycles. The zero-order chi connectivity index (χ0) is 23.3. The van der Waals surface area contributed by atoms with Crippen molar-refractivity contribution in [3.63, 3.8) is 0 Å². The Hall–Kier alpha value is -3.43. The molecular weight excluding hydrogens is 433 g/mol. The van der Waals surface area contributed by atoms with Gasteiger partial charge in [0.25, 0.3) is 0 Å². The van der Waals surface area contributed by atoms with Crippen LogP contribution in [0.25, 0.3) is 11.1 Å². The molecule has 2 N–H and O–H groups in total. The van der Waals surface area contributed by atoms with E-state index in [9.17, 15) is 18.0 Å². The van der Waals surface area contributed by atoms with E-state index >= 15 is 0 Å². The number of benzene rings is 1. The number of amides is 1. The second-order valence-corrected chi connectivity index (χ2v) is 7.97. The van der Waals surface area contributed by atoms with Gasteiger partial charge in [-0.3, -0.25) is 9.89 Å². The largest absolute Gasteiger partial charge is 0.416 e. The summed E-state index contributed by atoms with van der Waals surface area (Å²) < 4.78 is 38.8. The molecule has 2 aromatic heterocycles. The Morgan fingerprint density at radius 1 is 1.15 bits per heavy atom. The van der Waals surface area contributed by atoms with E-state index in [1.807, 2.05) is 4.90 Å². The highest BCUT2D eigenvalue weighted by Crippen LogP contribution is 2.37. The molecule has 1 saturated heterocycles. The van der Waals surface area contributed by atoms with Gasteiger partial charge < -0.3 is 10.2 Å². The van der Waals surface area contributed by atoms with Gasteiger partial charge in [-0.2, -0.15) is 18.3 Å². The molecule has 0 saturated carbocycles. The van der Waals surface area contributed by atoms with Crippen LogP contribution in [-0.2, 0) is 11.0 Å². The first-order valence-electron chi connectivity index (χ1n) is 10.9. The number of hydrogen-bond acceptors (Lipinski definition) is 5. The van der Waals surface area contributed by atoms with E-state index in [0.29, 0.717) is 37.4 Å². The second kappa shape index (κ2) is 10.0. The van der Waals surface area contributed by atoms with E-state index in [1.165, 1.54) is 12.1 Å². The quantitative estimate of drug-likeness (QED) is 0.495. The molecule has 1 aromatic carbocycles. The van der Waals surface area contributed by atoms with Crippen molar-refractivity contribution in [1.29, 1.82) is 0 Å². The summed E-state index contributed by atoms with van der Waals surface area (Å²) in [5.74, 6) is 0.572. The summed E-state index contributed by atoms with van der Waals surface area (Å²) >= 11 is 0. The number of carbonyl (C=O) groups excluding carboxylic acids is 1. The summed E-state index contributed by atoms with van der Waals surface area (Å²) in [6.07, 6.45) is 4.20. The SMILES string of the molecule is O=C(CCCNc1ncccn1)N1CCCC[C@H]1c1[nH]ncc1-c1ccc(C(F)(F)F)cc1. The van der Waals surface area contributed by atoms with E-state index in [-0.39, 0.29) is 11.9 Å². The van der Waals surface area contributed by atoms with E-state index in [2.05, 4.69) is 25.5 Å². The fraction of sp³-hybridized carbons (Fsp3) is 0.391. The number of H-pyrrole nitrogens is 1. The molecule has 174 valence electrons. The molecule has 3 heterocycles. The molecule has 1 amide bonds. The Morgan fingerprint density at radius 3 is 2.64 bits per heavy atom. The predicted molar refractivity (Wildman–Crippen MR) is 117 cm³/mol. The number of anilines is 1. The highest BCUT2D eigenvalue weighted by Gasteiger charge is 2.32. The Kier molecular flexibility index (Phi) is 6.90. The maximum atomic E-state index is 13.0. The normalized spacial score (nSPS) is 16.6. The molecular formula is C23H25F3N6O. The molecule has 0 radical (unpaired) electrons. The molecule has 7 nitrogen and oxygen atoms in total. The summed E-state index contributed by atoms with van der Waals surface area (Å²) in [7, 11) is 0. The molecule has 1 atom stereocenters. The summed E-state index contributed by atoms with van der Waals surface area (Å²) in [5.41, 5.74) is 1.42.